The highest BCUT2D eigenvalue weighted by molar-refractivity contribution is 6.38. The van der Waals surface area contributed by atoms with Gasteiger partial charge in [0.05, 0.1) is 5.92 Å². The summed E-state index contributed by atoms with van der Waals surface area (Å²) in [6.45, 7) is 0. The molecule has 0 fully saturated rings. The van der Waals surface area contributed by atoms with Gasteiger partial charge in [-0.15, -0.1) is 0 Å². The first-order valence-electron chi connectivity index (χ1n) is 6.44. The molecule has 0 saturated heterocycles. The highest BCUT2D eigenvalue weighted by Crippen LogP contribution is 2.40. The Hall–Kier alpha value is -2.69. The number of carboxylic acid groups (broad SMARTS) is 1. The minimum atomic E-state index is -1.14. The highest BCUT2D eigenvalue weighted by atomic mass is 19.1. The van der Waals surface area contributed by atoms with Gasteiger partial charge in [-0.25, -0.2) is 9.18 Å². The van der Waals surface area contributed by atoms with Crippen molar-refractivity contribution < 1.29 is 19.1 Å². The first-order valence-corrected chi connectivity index (χ1v) is 6.44. The van der Waals surface area contributed by atoms with Crippen LogP contribution >= 0.6 is 0 Å². The van der Waals surface area contributed by atoms with Crippen LogP contribution in [-0.4, -0.2) is 16.8 Å². The smallest absolute Gasteiger partial charge is 0.354 e. The van der Waals surface area contributed by atoms with Gasteiger partial charge in [0.1, 0.15) is 5.82 Å². The van der Waals surface area contributed by atoms with Crippen LogP contribution in [0.15, 0.2) is 59.8 Å². The molecule has 21 heavy (non-hydrogen) atoms. The largest absolute Gasteiger partial charge is 0.477 e. The van der Waals surface area contributed by atoms with Gasteiger partial charge in [-0.3, -0.25) is 0 Å². The van der Waals surface area contributed by atoms with Crippen LogP contribution in [0.25, 0.3) is 0 Å². The van der Waals surface area contributed by atoms with Gasteiger partial charge in [0.2, 0.25) is 0 Å². The molecule has 4 nitrogen and oxygen atoms in total. The molecule has 106 valence electrons. The van der Waals surface area contributed by atoms with E-state index in [-0.39, 0.29) is 11.5 Å². The molecule has 2 aromatic carbocycles. The summed E-state index contributed by atoms with van der Waals surface area (Å²) in [5.74, 6) is -2.07. The van der Waals surface area contributed by atoms with Gasteiger partial charge in [-0.05, 0) is 23.3 Å². The summed E-state index contributed by atoms with van der Waals surface area (Å²) in [4.78, 5) is 16.7. The third-order valence-corrected chi connectivity index (χ3v) is 3.44. The van der Waals surface area contributed by atoms with Crippen LogP contribution in [0.2, 0.25) is 0 Å². The Kier molecular flexibility index (Phi) is 3.39. The van der Waals surface area contributed by atoms with Crippen LogP contribution in [0.3, 0.4) is 0 Å². The first kappa shape index (κ1) is 13.3. The van der Waals surface area contributed by atoms with Crippen molar-refractivity contribution in [3.05, 3.63) is 71.5 Å². The zero-order valence-electron chi connectivity index (χ0n) is 10.9. The molecule has 1 aliphatic rings. The maximum atomic E-state index is 13.1. The molecule has 3 rings (SSSR count). The number of halogens is 1. The second-order valence-electron chi connectivity index (χ2n) is 4.75. The quantitative estimate of drug-likeness (QED) is 0.942. The molecule has 0 saturated carbocycles. The summed E-state index contributed by atoms with van der Waals surface area (Å²) in [7, 11) is 0. The lowest BCUT2D eigenvalue weighted by molar-refractivity contribution is -0.129. The zero-order chi connectivity index (χ0) is 14.8. The van der Waals surface area contributed by atoms with Gasteiger partial charge in [0.15, 0.2) is 11.8 Å². The molecule has 5 heteroatoms. The number of nitrogens with zero attached hydrogens (tertiary/aromatic N) is 1. The number of aliphatic carboxylic acids is 1. The van der Waals surface area contributed by atoms with Gasteiger partial charge in [-0.1, -0.05) is 47.6 Å². The molecule has 1 aliphatic heterocycles. The molecule has 0 aliphatic carbocycles. The maximum Gasteiger partial charge on any atom is 0.354 e. The Bertz CT molecular complexity index is 682. The number of hydrogen-bond acceptors (Lipinski definition) is 3. The summed E-state index contributed by atoms with van der Waals surface area (Å²) in [5, 5.41) is 13.0. The van der Waals surface area contributed by atoms with Crippen LogP contribution in [0, 0.1) is 5.82 Å². The average molecular weight is 285 g/mol. The topological polar surface area (TPSA) is 58.9 Å². The van der Waals surface area contributed by atoms with E-state index in [9.17, 15) is 14.3 Å². The summed E-state index contributed by atoms with van der Waals surface area (Å²) in [6, 6.07) is 15.0. The van der Waals surface area contributed by atoms with Crippen LogP contribution < -0.4 is 0 Å². The van der Waals surface area contributed by atoms with Gasteiger partial charge >= 0.3 is 5.97 Å². The van der Waals surface area contributed by atoms with Gasteiger partial charge < -0.3 is 9.94 Å². The Morgan fingerprint density at radius 3 is 2.33 bits per heavy atom. The van der Waals surface area contributed by atoms with E-state index in [1.165, 1.54) is 12.1 Å². The molecular formula is C16H12FNO3. The molecule has 0 bridgehead atoms. The van der Waals surface area contributed by atoms with Crippen molar-refractivity contribution in [2.75, 3.05) is 0 Å². The molecule has 0 spiro atoms. The predicted octanol–water partition coefficient (Wildman–Crippen LogP) is 3.12. The number of oxime groups is 1. The Morgan fingerprint density at radius 2 is 1.71 bits per heavy atom. The molecule has 2 unspecified atom stereocenters. The van der Waals surface area contributed by atoms with E-state index < -0.39 is 18.0 Å². The van der Waals surface area contributed by atoms with Crippen molar-refractivity contribution >= 4 is 11.7 Å². The predicted molar refractivity (Wildman–Crippen MR) is 74.5 cm³/mol. The number of carboxylic acids is 1. The Morgan fingerprint density at radius 1 is 1.05 bits per heavy atom. The van der Waals surface area contributed by atoms with Gasteiger partial charge in [0, 0.05) is 0 Å². The molecule has 0 aromatic heterocycles. The monoisotopic (exact) mass is 285 g/mol. The molecule has 1 N–H and O–H groups in total. The van der Waals surface area contributed by atoms with Crippen molar-refractivity contribution in [2.45, 2.75) is 12.0 Å². The van der Waals surface area contributed by atoms with Crippen LogP contribution in [0.5, 0.6) is 0 Å². The van der Waals surface area contributed by atoms with Crippen LogP contribution in [0.4, 0.5) is 4.39 Å². The number of rotatable bonds is 3. The minimum Gasteiger partial charge on any atom is -0.477 e. The fourth-order valence-electron chi connectivity index (χ4n) is 2.45. The molecule has 2 aromatic rings. The fraction of sp³-hybridized carbons (Fsp3) is 0.125. The zero-order valence-corrected chi connectivity index (χ0v) is 10.9. The standard InChI is InChI=1S/C16H12FNO3/c17-12-8-6-10(7-9-12)13-14(16(19)20)18-21-15(13)11-4-2-1-3-5-11/h1-9,13,15H,(H,19,20). The number of benzene rings is 2. The fourth-order valence-corrected chi connectivity index (χ4v) is 2.45. The molecule has 0 radical (unpaired) electrons. The molecular weight excluding hydrogens is 273 g/mol. The Labute approximate surface area is 120 Å². The third kappa shape index (κ3) is 2.50. The lowest BCUT2D eigenvalue weighted by Gasteiger charge is -2.18. The molecule has 1 heterocycles. The number of hydrogen-bond donors (Lipinski definition) is 1. The molecule has 0 amide bonds. The lowest BCUT2D eigenvalue weighted by atomic mass is 9.86. The van der Waals surface area contributed by atoms with Crippen molar-refractivity contribution in [3.63, 3.8) is 0 Å². The SMILES string of the molecule is O=C(O)C1=NOC(c2ccccc2)C1c1ccc(F)cc1. The van der Waals surface area contributed by atoms with Crippen LogP contribution in [-0.2, 0) is 9.63 Å². The molecule has 2 atom stereocenters. The normalized spacial score (nSPS) is 20.7. The van der Waals surface area contributed by atoms with E-state index in [2.05, 4.69) is 5.16 Å². The average Bonchev–Trinajstić information content (AvgIpc) is 2.94. The second kappa shape index (κ2) is 5.36. The maximum absolute atomic E-state index is 13.1. The minimum absolute atomic E-state index is 0.0736. The van der Waals surface area contributed by atoms with E-state index in [1.54, 1.807) is 12.1 Å². The van der Waals surface area contributed by atoms with E-state index in [0.717, 1.165) is 5.56 Å². The third-order valence-electron chi connectivity index (χ3n) is 3.44. The highest BCUT2D eigenvalue weighted by Gasteiger charge is 2.40. The summed E-state index contributed by atoms with van der Waals surface area (Å²) in [5.41, 5.74) is 1.41. The van der Waals surface area contributed by atoms with Crippen molar-refractivity contribution in [3.8, 4) is 0 Å². The van der Waals surface area contributed by atoms with Gasteiger partial charge in [0.25, 0.3) is 0 Å². The summed E-state index contributed by atoms with van der Waals surface area (Å²) in [6.07, 6.45) is -0.525. The second-order valence-corrected chi connectivity index (χ2v) is 4.75. The Balaban J connectivity index is 2.02. The van der Waals surface area contributed by atoms with Crippen molar-refractivity contribution in [1.29, 1.82) is 0 Å². The van der Waals surface area contributed by atoms with E-state index in [0.29, 0.717) is 5.56 Å². The van der Waals surface area contributed by atoms with E-state index >= 15 is 0 Å². The van der Waals surface area contributed by atoms with Crippen LogP contribution in [0.1, 0.15) is 23.1 Å². The van der Waals surface area contributed by atoms with E-state index in [1.807, 2.05) is 30.3 Å². The summed E-state index contributed by atoms with van der Waals surface area (Å²) >= 11 is 0. The summed E-state index contributed by atoms with van der Waals surface area (Å²) < 4.78 is 13.1. The first-order chi connectivity index (χ1) is 10.2. The lowest BCUT2D eigenvalue weighted by Crippen LogP contribution is -2.22. The number of carbonyl (C=O) groups is 1. The van der Waals surface area contributed by atoms with Crippen molar-refractivity contribution in [1.82, 2.24) is 0 Å². The van der Waals surface area contributed by atoms with E-state index in [4.69, 9.17) is 4.84 Å². The van der Waals surface area contributed by atoms with Crippen molar-refractivity contribution in [2.24, 2.45) is 5.16 Å². The van der Waals surface area contributed by atoms with Gasteiger partial charge in [-0.2, -0.15) is 0 Å².